The number of hydrogen-bond donors (Lipinski definition) is 2. The summed E-state index contributed by atoms with van der Waals surface area (Å²) in [5.41, 5.74) is 0. The minimum atomic E-state index is -0.864. The second-order valence-electron chi connectivity index (χ2n) is 3.62. The van der Waals surface area contributed by atoms with E-state index < -0.39 is 5.97 Å². The van der Waals surface area contributed by atoms with Crippen LogP contribution in [0.4, 0.5) is 0 Å². The lowest BCUT2D eigenvalue weighted by atomic mass is 10.0. The summed E-state index contributed by atoms with van der Waals surface area (Å²) in [4.78, 5) is 23.5. The highest BCUT2D eigenvalue weighted by atomic mass is 16.4. The number of nitrogens with one attached hydrogen (secondary N) is 1. The fourth-order valence-electron chi connectivity index (χ4n) is 1.84. The van der Waals surface area contributed by atoms with Gasteiger partial charge in [-0.3, -0.25) is 9.59 Å². The van der Waals surface area contributed by atoms with Crippen molar-refractivity contribution in [1.29, 1.82) is 0 Å². The SMILES string of the molecule is CC(=O)N1CCN[C@@H](C)[C@H]1CC(=O)O. The van der Waals surface area contributed by atoms with Crippen molar-refractivity contribution in [3.63, 3.8) is 0 Å². The third-order valence-corrected chi connectivity index (χ3v) is 2.58. The van der Waals surface area contributed by atoms with Crippen LogP contribution in [0.15, 0.2) is 0 Å². The molecule has 1 amide bonds. The third-order valence-electron chi connectivity index (χ3n) is 2.58. The van der Waals surface area contributed by atoms with Crippen molar-refractivity contribution in [2.45, 2.75) is 32.4 Å². The Hall–Kier alpha value is -1.10. The normalized spacial score (nSPS) is 27.4. The fourth-order valence-corrected chi connectivity index (χ4v) is 1.84. The van der Waals surface area contributed by atoms with Gasteiger partial charge in [-0.1, -0.05) is 0 Å². The van der Waals surface area contributed by atoms with E-state index in [9.17, 15) is 9.59 Å². The lowest BCUT2D eigenvalue weighted by Gasteiger charge is -2.39. The molecule has 0 aliphatic carbocycles. The number of carboxylic acid groups (broad SMARTS) is 1. The van der Waals surface area contributed by atoms with Gasteiger partial charge in [0.25, 0.3) is 0 Å². The van der Waals surface area contributed by atoms with E-state index in [0.29, 0.717) is 6.54 Å². The topological polar surface area (TPSA) is 69.6 Å². The molecule has 0 unspecified atom stereocenters. The molecule has 2 atom stereocenters. The van der Waals surface area contributed by atoms with Crippen LogP contribution in [-0.2, 0) is 9.59 Å². The van der Waals surface area contributed by atoms with Crippen LogP contribution in [0.2, 0.25) is 0 Å². The highest BCUT2D eigenvalue weighted by Crippen LogP contribution is 2.13. The first kappa shape index (κ1) is 11.0. The molecule has 1 aliphatic rings. The molecule has 0 saturated carbocycles. The van der Waals surface area contributed by atoms with Gasteiger partial charge in [-0.05, 0) is 6.92 Å². The molecule has 0 bridgehead atoms. The zero-order valence-electron chi connectivity index (χ0n) is 8.49. The summed E-state index contributed by atoms with van der Waals surface area (Å²) >= 11 is 0. The van der Waals surface area contributed by atoms with Crippen molar-refractivity contribution in [2.75, 3.05) is 13.1 Å². The number of hydrogen-bond acceptors (Lipinski definition) is 3. The van der Waals surface area contributed by atoms with Crippen LogP contribution >= 0.6 is 0 Å². The average Bonchev–Trinajstić information content (AvgIpc) is 2.07. The second-order valence-corrected chi connectivity index (χ2v) is 3.62. The van der Waals surface area contributed by atoms with Crippen molar-refractivity contribution in [3.05, 3.63) is 0 Å². The molecule has 0 radical (unpaired) electrons. The van der Waals surface area contributed by atoms with Gasteiger partial charge in [0.15, 0.2) is 0 Å². The lowest BCUT2D eigenvalue weighted by Crippen LogP contribution is -2.58. The van der Waals surface area contributed by atoms with Crippen molar-refractivity contribution in [2.24, 2.45) is 0 Å². The minimum Gasteiger partial charge on any atom is -0.481 e. The molecule has 2 N–H and O–H groups in total. The molecule has 0 aromatic rings. The predicted octanol–water partition coefficient (Wildman–Crippen LogP) is -0.330. The molecule has 0 aromatic carbocycles. The maximum absolute atomic E-state index is 11.2. The first-order valence-electron chi connectivity index (χ1n) is 4.74. The van der Waals surface area contributed by atoms with Gasteiger partial charge in [0.2, 0.25) is 5.91 Å². The Balaban J connectivity index is 2.70. The highest BCUT2D eigenvalue weighted by molar-refractivity contribution is 5.75. The van der Waals surface area contributed by atoms with Crippen LogP contribution in [0.3, 0.4) is 0 Å². The Bertz CT molecular complexity index is 242. The van der Waals surface area contributed by atoms with Crippen molar-refractivity contribution >= 4 is 11.9 Å². The Morgan fingerprint density at radius 3 is 2.71 bits per heavy atom. The van der Waals surface area contributed by atoms with Crippen LogP contribution in [0.1, 0.15) is 20.3 Å². The number of carbonyl (C=O) groups excluding carboxylic acids is 1. The first-order valence-corrected chi connectivity index (χ1v) is 4.74. The van der Waals surface area contributed by atoms with Gasteiger partial charge >= 0.3 is 5.97 Å². The maximum atomic E-state index is 11.2. The van der Waals surface area contributed by atoms with Crippen LogP contribution in [0.5, 0.6) is 0 Å². The average molecular weight is 200 g/mol. The van der Waals surface area contributed by atoms with E-state index in [-0.39, 0.29) is 24.4 Å². The van der Waals surface area contributed by atoms with Gasteiger partial charge < -0.3 is 15.3 Å². The standard InChI is InChI=1S/C9H16N2O3/c1-6-8(5-9(13)14)11(7(2)12)4-3-10-6/h6,8,10H,3-5H2,1-2H3,(H,13,14)/t6-,8+/m0/s1. The molecule has 80 valence electrons. The predicted molar refractivity (Wildman–Crippen MR) is 50.9 cm³/mol. The maximum Gasteiger partial charge on any atom is 0.305 e. The molecule has 0 aromatic heterocycles. The molecule has 5 nitrogen and oxygen atoms in total. The molecule has 1 fully saturated rings. The summed E-state index contributed by atoms with van der Waals surface area (Å²) in [6, 6.07) is -0.178. The molecule has 14 heavy (non-hydrogen) atoms. The van der Waals surface area contributed by atoms with Gasteiger partial charge in [-0.25, -0.2) is 0 Å². The molecule has 5 heteroatoms. The Kier molecular flexibility index (Phi) is 3.46. The zero-order valence-corrected chi connectivity index (χ0v) is 8.49. The van der Waals surface area contributed by atoms with E-state index in [1.54, 1.807) is 4.90 Å². The van der Waals surface area contributed by atoms with Crippen LogP contribution < -0.4 is 5.32 Å². The second kappa shape index (κ2) is 4.41. The van der Waals surface area contributed by atoms with Crippen LogP contribution in [-0.4, -0.2) is 47.1 Å². The van der Waals surface area contributed by atoms with E-state index in [0.717, 1.165) is 6.54 Å². The third kappa shape index (κ3) is 2.45. The van der Waals surface area contributed by atoms with Gasteiger partial charge in [-0.2, -0.15) is 0 Å². The number of piperazine rings is 1. The Morgan fingerprint density at radius 2 is 2.21 bits per heavy atom. The molecule has 1 aliphatic heterocycles. The first-order chi connectivity index (χ1) is 6.52. The van der Waals surface area contributed by atoms with Crippen molar-refractivity contribution in [3.8, 4) is 0 Å². The quantitative estimate of drug-likeness (QED) is 0.640. The van der Waals surface area contributed by atoms with E-state index in [4.69, 9.17) is 5.11 Å². The number of carbonyl (C=O) groups is 2. The molecular formula is C9H16N2O3. The number of amides is 1. The number of aliphatic carboxylic acids is 1. The van der Waals surface area contributed by atoms with E-state index >= 15 is 0 Å². The van der Waals surface area contributed by atoms with Gasteiger partial charge in [0.05, 0.1) is 12.5 Å². The van der Waals surface area contributed by atoms with Gasteiger partial charge in [0, 0.05) is 26.1 Å². The van der Waals surface area contributed by atoms with Gasteiger partial charge in [0.1, 0.15) is 0 Å². The molecule has 1 rings (SSSR count). The smallest absolute Gasteiger partial charge is 0.305 e. The zero-order chi connectivity index (χ0) is 10.7. The number of carboxylic acids is 1. The van der Waals surface area contributed by atoms with Crippen LogP contribution in [0.25, 0.3) is 0 Å². The molecule has 1 saturated heterocycles. The summed E-state index contributed by atoms with van der Waals surface area (Å²) < 4.78 is 0. The summed E-state index contributed by atoms with van der Waals surface area (Å²) in [6.07, 6.45) is 0.00769. The minimum absolute atomic E-state index is 0.00769. The van der Waals surface area contributed by atoms with Crippen molar-refractivity contribution in [1.82, 2.24) is 10.2 Å². The van der Waals surface area contributed by atoms with E-state index in [1.165, 1.54) is 6.92 Å². The number of rotatable bonds is 2. The molecular weight excluding hydrogens is 184 g/mol. The molecule has 1 heterocycles. The summed E-state index contributed by atoms with van der Waals surface area (Å²) in [6.45, 7) is 4.71. The largest absolute Gasteiger partial charge is 0.481 e. The van der Waals surface area contributed by atoms with E-state index in [2.05, 4.69) is 5.32 Å². The van der Waals surface area contributed by atoms with Crippen molar-refractivity contribution < 1.29 is 14.7 Å². The summed E-state index contributed by atoms with van der Waals surface area (Å²) in [5, 5.41) is 11.9. The fraction of sp³-hybridized carbons (Fsp3) is 0.778. The summed E-state index contributed by atoms with van der Waals surface area (Å²) in [7, 11) is 0. The van der Waals surface area contributed by atoms with Gasteiger partial charge in [-0.15, -0.1) is 0 Å². The van der Waals surface area contributed by atoms with E-state index in [1.807, 2.05) is 6.92 Å². The molecule has 0 spiro atoms. The lowest BCUT2D eigenvalue weighted by molar-refractivity contribution is -0.141. The Labute approximate surface area is 83.1 Å². The Morgan fingerprint density at radius 1 is 1.57 bits per heavy atom. The number of nitrogens with zero attached hydrogens (tertiary/aromatic N) is 1. The summed E-state index contributed by atoms with van der Waals surface area (Å²) in [5.74, 6) is -0.915. The van der Waals surface area contributed by atoms with Crippen LogP contribution in [0, 0.1) is 0 Å². The monoisotopic (exact) mass is 200 g/mol. The highest BCUT2D eigenvalue weighted by Gasteiger charge is 2.31.